The predicted octanol–water partition coefficient (Wildman–Crippen LogP) is 25.4. The molecule has 12 aromatic carbocycles. The maximum atomic E-state index is 14.6. The molecular formula is C107H85FN12O7S4. The van der Waals surface area contributed by atoms with Crippen LogP contribution in [0.15, 0.2) is 354 Å². The average Bonchev–Trinajstić information content (AvgIpc) is 1.13. The molecule has 0 saturated heterocycles. The Kier molecular flexibility index (Phi) is 27.6. The first-order valence-electron chi connectivity index (χ1n) is 42.3. The van der Waals surface area contributed by atoms with Crippen molar-refractivity contribution in [3.63, 3.8) is 0 Å². The number of anilines is 1. The summed E-state index contributed by atoms with van der Waals surface area (Å²) in [5, 5.41) is 55.1. The van der Waals surface area contributed by atoms with Gasteiger partial charge in [-0.2, -0.15) is 25.5 Å². The highest BCUT2D eigenvalue weighted by Crippen LogP contribution is 2.39. The molecule has 646 valence electrons. The number of thioether (sulfide) groups is 4. The molecule has 0 fully saturated rings. The van der Waals surface area contributed by atoms with Crippen LogP contribution >= 0.6 is 47.0 Å². The highest BCUT2D eigenvalue weighted by Gasteiger charge is 2.25. The third-order valence-electron chi connectivity index (χ3n) is 21.8. The van der Waals surface area contributed by atoms with Gasteiger partial charge in [0, 0.05) is 79.3 Å². The average molecular weight is 1800 g/mol. The number of amides is 1. The maximum Gasteiger partial charge on any atom is 0.291 e. The first kappa shape index (κ1) is 88.5. The second-order valence-electron chi connectivity index (χ2n) is 31.9. The summed E-state index contributed by atoms with van der Waals surface area (Å²) in [7, 11) is 1.94. The van der Waals surface area contributed by atoms with E-state index in [1.54, 1.807) is 58.6 Å². The number of nitrogens with zero attached hydrogens (tertiary/aromatic N) is 11. The predicted molar refractivity (Wildman–Crippen MR) is 539 cm³/mol. The number of rotatable bonds is 21. The Balaban J connectivity index is 0.000000122. The fourth-order valence-corrected chi connectivity index (χ4v) is 18.2. The second-order valence-corrected chi connectivity index (χ2v) is 36.1. The van der Waals surface area contributed by atoms with Crippen molar-refractivity contribution in [1.82, 2.24) is 14.8 Å². The molecule has 19 nitrogen and oxygen atoms in total. The van der Waals surface area contributed by atoms with Crippen molar-refractivity contribution in [1.29, 1.82) is 0 Å². The standard InChI is InChI=1S/C27H20FN3OS.C27H24N4OS.C27H21N3O3S.C26H20N2O2S/c1-17(32)16-33-27-14-26(30-31-27)23-12-21(11-22(13-23)24-15-29-9-8-25(24)28)20-7-6-18-4-2-3-5-19(18)10-20;1-17(32)16-33-27-14-26(28-29-27)24-12-22(11-23(13-24)25-15-31(3)30-18(25)2)21-9-8-19-6-4-5-7-20(19)10-21;1-17(31)16-34-26-15-24(29-30-26)22-12-21(20-9-8-18-5-2-3-6-19(18)11-20)13-23(14-22)28-27(32)25-7-4-10-33-25;1-17(29)16-31-26-14-25(27-28-26)24-12-22(11-23(13-24)21-8-9-30-15-21)20-7-6-18-4-2-3-5-19(18)10-20/h2-13,15H,14,16H2,1H3;4-13,15H,14,16H2,1-3H3;2-14H,15-16H2,1H3,(H,28,32);2-13,15H,14,16H2,1H3. The van der Waals surface area contributed by atoms with Gasteiger partial charge in [-0.05, 0) is 277 Å². The van der Waals surface area contributed by atoms with Gasteiger partial charge < -0.3 is 14.2 Å². The summed E-state index contributed by atoms with van der Waals surface area (Å²) in [6, 6.07) is 90.4. The largest absolute Gasteiger partial charge is 0.472 e. The molecule has 0 unspecified atom stereocenters. The van der Waals surface area contributed by atoms with E-state index >= 15 is 0 Å². The number of fused-ring (bicyclic) bond motifs is 4. The number of carbonyl (C=O) groups excluding carboxylic acids is 5. The van der Waals surface area contributed by atoms with Crippen molar-refractivity contribution < 1.29 is 37.2 Å². The van der Waals surface area contributed by atoms with Crippen LogP contribution in [0.3, 0.4) is 0 Å². The number of aromatic nitrogens is 3. The molecule has 0 bridgehead atoms. The van der Waals surface area contributed by atoms with Crippen molar-refractivity contribution in [3.05, 3.63) is 344 Å². The molecule has 131 heavy (non-hydrogen) atoms. The minimum absolute atomic E-state index is 0.0994. The van der Waals surface area contributed by atoms with E-state index in [0.29, 0.717) is 59.9 Å². The highest BCUT2D eigenvalue weighted by molar-refractivity contribution is 8.15. The summed E-state index contributed by atoms with van der Waals surface area (Å²) in [5.74, 6) is 1.69. The number of carbonyl (C=O) groups is 5. The monoisotopic (exact) mass is 1800 g/mol. The normalized spacial score (nSPS) is 13.2. The van der Waals surface area contributed by atoms with Crippen LogP contribution in [0.1, 0.15) is 91.9 Å². The van der Waals surface area contributed by atoms with Gasteiger partial charge in [0.1, 0.15) is 49.1 Å². The van der Waals surface area contributed by atoms with E-state index in [2.05, 4.69) is 257 Å². The van der Waals surface area contributed by atoms with Crippen LogP contribution < -0.4 is 5.32 Å². The van der Waals surface area contributed by atoms with E-state index in [-0.39, 0.29) is 40.6 Å². The zero-order valence-corrected chi connectivity index (χ0v) is 75.6. The zero-order valence-electron chi connectivity index (χ0n) is 72.3. The number of hydrogen-bond donors (Lipinski definition) is 1. The number of pyridine rings is 1. The molecule has 0 aliphatic carbocycles. The molecular weight excluding hydrogens is 1710 g/mol. The van der Waals surface area contributed by atoms with E-state index < -0.39 is 0 Å². The SMILES string of the molecule is CC(=O)CSC1=NN=C(c2cc(-c3ccc4ccccc4c3)cc(-c3cn(C)nc3C)c2)C1.CC(=O)CSC1=NN=C(c2cc(-c3ccc4ccccc4c3)cc(-c3cnccc3F)c2)C1.CC(=O)CSC1=NN=C(c2cc(-c3ccoc3)cc(-c3ccc4ccccc4c3)c2)C1.CC(=O)CSC1=NN=C(c2cc(NC(=O)c3ccco3)cc(-c3ccc4ccccc4c3)c2)C1. The Morgan fingerprint density at radius 1 is 0.359 bits per heavy atom. The Morgan fingerprint density at radius 2 is 0.702 bits per heavy atom. The fourth-order valence-electron chi connectivity index (χ4n) is 15.4. The molecule has 0 saturated carbocycles. The Hall–Kier alpha value is -14.6. The van der Waals surface area contributed by atoms with Gasteiger partial charge in [-0.25, -0.2) is 4.39 Å². The summed E-state index contributed by atoms with van der Waals surface area (Å²) in [4.78, 5) is 62.1. The maximum absolute atomic E-state index is 14.6. The summed E-state index contributed by atoms with van der Waals surface area (Å²) in [6.45, 7) is 8.34. The smallest absolute Gasteiger partial charge is 0.291 e. The molecule has 4 aromatic heterocycles. The molecule has 16 aromatic rings. The summed E-state index contributed by atoms with van der Waals surface area (Å²) < 4.78 is 27.0. The van der Waals surface area contributed by atoms with Crippen LogP contribution in [0.2, 0.25) is 0 Å². The lowest BCUT2D eigenvalue weighted by atomic mass is 9.93. The molecule has 1 N–H and O–H groups in total. The number of ketones is 4. The van der Waals surface area contributed by atoms with Crippen molar-refractivity contribution in [2.24, 2.45) is 47.9 Å². The quantitative estimate of drug-likeness (QED) is 0.0703. The molecule has 0 atom stereocenters. The summed E-state index contributed by atoms with van der Waals surface area (Å²) >= 11 is 5.76. The number of benzene rings is 12. The molecule has 8 heterocycles. The van der Waals surface area contributed by atoms with Gasteiger partial charge in [0.05, 0.1) is 70.3 Å². The van der Waals surface area contributed by atoms with E-state index in [4.69, 9.17) is 8.83 Å². The third kappa shape index (κ3) is 22.2. The zero-order chi connectivity index (χ0) is 90.4. The lowest BCUT2D eigenvalue weighted by molar-refractivity contribution is -0.115. The summed E-state index contributed by atoms with van der Waals surface area (Å²) in [5.41, 5.74) is 22.9. The Bertz CT molecular complexity index is 7430. The lowest BCUT2D eigenvalue weighted by Crippen LogP contribution is -2.12. The van der Waals surface area contributed by atoms with Gasteiger partial charge in [0.25, 0.3) is 5.91 Å². The van der Waals surface area contributed by atoms with Crippen LogP contribution in [0.4, 0.5) is 10.1 Å². The Morgan fingerprint density at radius 3 is 1.05 bits per heavy atom. The van der Waals surface area contributed by atoms with Crippen LogP contribution in [0.5, 0.6) is 0 Å². The molecule has 0 radical (unpaired) electrons. The van der Waals surface area contributed by atoms with E-state index in [9.17, 15) is 28.4 Å². The number of Topliss-reactive ketones (excluding diaryl/α,β-unsaturated/α-hetero) is 4. The Labute approximate surface area is 772 Å². The van der Waals surface area contributed by atoms with Crippen LogP contribution in [-0.4, -0.2) is 110 Å². The lowest BCUT2D eigenvalue weighted by Gasteiger charge is -2.12. The van der Waals surface area contributed by atoms with Crippen LogP contribution in [0, 0.1) is 12.7 Å². The molecule has 0 spiro atoms. The van der Waals surface area contributed by atoms with Crippen molar-refractivity contribution in [2.75, 3.05) is 28.3 Å². The topological polar surface area (TPSA) is 253 Å². The molecule has 1 amide bonds. The van der Waals surface area contributed by atoms with Gasteiger partial charge in [-0.1, -0.05) is 146 Å². The number of hydrogen-bond acceptors (Lipinski definition) is 21. The number of halogens is 1. The molecule has 4 aliphatic rings. The first-order chi connectivity index (χ1) is 63.7. The first-order valence-corrected chi connectivity index (χ1v) is 46.3. The van der Waals surface area contributed by atoms with Crippen LogP contribution in [0.25, 0.3) is 121 Å². The van der Waals surface area contributed by atoms with Crippen LogP contribution in [-0.2, 0) is 26.2 Å². The summed E-state index contributed by atoms with van der Waals surface area (Å²) in [6.07, 6.45) is 12.3. The molecule has 4 aliphatic heterocycles. The molecule has 20 rings (SSSR count). The van der Waals surface area contributed by atoms with Crippen molar-refractivity contribution in [2.45, 2.75) is 60.3 Å². The fraction of sp³-hybridized carbons (Fsp3) is 0.131. The number of nitrogens with one attached hydrogen (secondary N) is 1. The minimum Gasteiger partial charge on any atom is -0.472 e. The minimum atomic E-state index is -0.325. The number of aryl methyl sites for hydroxylation is 2. The molecule has 24 heteroatoms. The van der Waals surface area contributed by atoms with Gasteiger partial charge in [-0.15, -0.1) is 67.5 Å². The number of furan rings is 2. The van der Waals surface area contributed by atoms with E-state index in [0.717, 1.165) is 165 Å². The van der Waals surface area contributed by atoms with Gasteiger partial charge in [-0.3, -0.25) is 33.6 Å². The van der Waals surface area contributed by atoms with E-state index in [1.807, 2.05) is 73.3 Å². The highest BCUT2D eigenvalue weighted by atomic mass is 32.2. The van der Waals surface area contributed by atoms with Crippen molar-refractivity contribution >= 4 is 168 Å². The third-order valence-corrected chi connectivity index (χ3v) is 26.3. The van der Waals surface area contributed by atoms with Gasteiger partial charge in [0.15, 0.2) is 5.76 Å². The van der Waals surface area contributed by atoms with Gasteiger partial charge in [0.2, 0.25) is 0 Å². The van der Waals surface area contributed by atoms with Gasteiger partial charge >= 0.3 is 0 Å². The van der Waals surface area contributed by atoms with Crippen molar-refractivity contribution in [3.8, 4) is 77.9 Å². The van der Waals surface area contributed by atoms with E-state index in [1.165, 1.54) is 87.1 Å². The second kappa shape index (κ2) is 40.8.